The number of hydrogen-bond acceptors (Lipinski definition) is 7. The normalized spacial score (nSPS) is 13.8. The predicted molar refractivity (Wildman–Crippen MR) is 169 cm³/mol. The molecule has 6 nitrogen and oxygen atoms in total. The molecule has 0 amide bonds. The fraction of sp³-hybridized carbons (Fsp3) is 0. The molecule has 0 saturated heterocycles. The number of fused-ring (bicyclic) bond motifs is 2. The Morgan fingerprint density at radius 1 is 0.571 bits per heavy atom. The summed E-state index contributed by atoms with van der Waals surface area (Å²) in [4.78, 5) is 22.0. The quantitative estimate of drug-likeness (QED) is 0.120. The number of aliphatic imine (C=N–C) groups is 1. The maximum atomic E-state index is 9.64. The van der Waals surface area contributed by atoms with Gasteiger partial charge in [0.15, 0.2) is 5.71 Å². The van der Waals surface area contributed by atoms with Crippen LogP contribution in [0.2, 0.25) is 0 Å². The fourth-order valence-electron chi connectivity index (χ4n) is 5.02. The molecular formula is C34H18N6S2. The molecule has 196 valence electrons. The molecule has 0 spiro atoms. The van der Waals surface area contributed by atoms with Gasteiger partial charge in [-0.3, -0.25) is 0 Å². The van der Waals surface area contributed by atoms with Crippen molar-refractivity contribution in [2.45, 2.75) is 0 Å². The average molecular weight is 575 g/mol. The third-order valence-corrected chi connectivity index (χ3v) is 9.17. The van der Waals surface area contributed by atoms with Crippen LogP contribution in [-0.2, 0) is 0 Å². The van der Waals surface area contributed by atoms with E-state index in [2.05, 4.69) is 63.6 Å². The van der Waals surface area contributed by atoms with Crippen molar-refractivity contribution in [2.24, 2.45) is 10.1 Å². The summed E-state index contributed by atoms with van der Waals surface area (Å²) in [5, 5.41) is 13.8. The van der Waals surface area contributed by atoms with Gasteiger partial charge in [0, 0.05) is 20.9 Å². The summed E-state index contributed by atoms with van der Waals surface area (Å²) in [7, 11) is 0. The minimum absolute atomic E-state index is 0.420. The van der Waals surface area contributed by atoms with Crippen molar-refractivity contribution in [1.82, 2.24) is 9.97 Å². The Morgan fingerprint density at radius 3 is 1.52 bits per heavy atom. The van der Waals surface area contributed by atoms with Gasteiger partial charge >= 0.3 is 0 Å². The zero-order chi connectivity index (χ0) is 28.5. The van der Waals surface area contributed by atoms with Crippen LogP contribution in [0.25, 0.3) is 47.0 Å². The smallest absolute Gasteiger partial charge is 0.206 e. The van der Waals surface area contributed by atoms with Gasteiger partial charge in [0.2, 0.25) is 6.19 Å². The molecule has 7 rings (SSSR count). The summed E-state index contributed by atoms with van der Waals surface area (Å²) in [6.45, 7) is 7.54. The maximum absolute atomic E-state index is 9.64. The molecule has 0 N–H and O–H groups in total. The molecule has 8 heteroatoms. The van der Waals surface area contributed by atoms with Crippen LogP contribution in [0.4, 0.5) is 0 Å². The van der Waals surface area contributed by atoms with E-state index in [4.69, 9.17) is 16.5 Å². The molecule has 3 aromatic carbocycles. The van der Waals surface area contributed by atoms with Crippen LogP contribution in [0, 0.1) is 18.0 Å². The second-order valence-corrected chi connectivity index (χ2v) is 11.5. The zero-order valence-corrected chi connectivity index (χ0v) is 23.5. The molecule has 0 fully saturated rings. The number of thiophene rings is 2. The second-order valence-electron chi connectivity index (χ2n) is 9.33. The van der Waals surface area contributed by atoms with Gasteiger partial charge in [0.25, 0.3) is 0 Å². The lowest BCUT2D eigenvalue weighted by Crippen LogP contribution is -2.25. The first-order valence-corrected chi connectivity index (χ1v) is 14.6. The van der Waals surface area contributed by atoms with Crippen molar-refractivity contribution >= 4 is 34.1 Å². The summed E-state index contributed by atoms with van der Waals surface area (Å²) < 4.78 is 0. The van der Waals surface area contributed by atoms with Crippen LogP contribution >= 0.6 is 22.7 Å². The van der Waals surface area contributed by atoms with Gasteiger partial charge in [0.05, 0.1) is 14.9 Å². The largest absolute Gasteiger partial charge is 0.241 e. The molecule has 1 aliphatic rings. The van der Waals surface area contributed by atoms with Crippen molar-refractivity contribution in [1.29, 1.82) is 5.26 Å². The van der Waals surface area contributed by atoms with Gasteiger partial charge in [0.1, 0.15) is 28.5 Å². The lowest BCUT2D eigenvalue weighted by Gasteiger charge is -2.20. The van der Waals surface area contributed by atoms with Crippen molar-refractivity contribution in [3.05, 3.63) is 143 Å². The Kier molecular flexibility index (Phi) is 6.54. The van der Waals surface area contributed by atoms with E-state index in [9.17, 15) is 5.26 Å². The molecule has 1 aliphatic carbocycles. The first kappa shape index (κ1) is 25.4. The Hall–Kier alpha value is -5.54. The molecule has 0 unspecified atom stereocenters. The summed E-state index contributed by atoms with van der Waals surface area (Å²) in [6, 6.07) is 36.2. The number of hydrogen-bond donors (Lipinski definition) is 0. The molecule has 0 bridgehead atoms. The van der Waals surface area contributed by atoms with Crippen LogP contribution in [0.1, 0.15) is 22.5 Å². The maximum Gasteiger partial charge on any atom is 0.206 e. The monoisotopic (exact) mass is 574 g/mol. The molecule has 6 aromatic rings. The first-order chi connectivity index (χ1) is 20.7. The Labute approximate surface area is 250 Å². The van der Waals surface area contributed by atoms with Crippen LogP contribution in [0.3, 0.4) is 0 Å². The Balaban J connectivity index is 1.49. The predicted octanol–water partition coefficient (Wildman–Crippen LogP) is 8.57. The van der Waals surface area contributed by atoms with Crippen LogP contribution in [0.5, 0.6) is 0 Å². The first-order valence-electron chi connectivity index (χ1n) is 13.0. The summed E-state index contributed by atoms with van der Waals surface area (Å²) in [5.74, 6) is 0. The Morgan fingerprint density at radius 2 is 1.02 bits per heavy atom. The van der Waals surface area contributed by atoms with Gasteiger partial charge < -0.3 is 0 Å². The fourth-order valence-corrected chi connectivity index (χ4v) is 7.02. The van der Waals surface area contributed by atoms with Gasteiger partial charge in [-0.1, -0.05) is 84.9 Å². The summed E-state index contributed by atoms with van der Waals surface area (Å²) in [6.07, 6.45) is 1.94. The summed E-state index contributed by atoms with van der Waals surface area (Å²) >= 11 is 3.26. The number of nitrogens with zero attached hydrogens (tertiary/aromatic N) is 6. The number of benzene rings is 3. The second kappa shape index (κ2) is 10.8. The molecule has 0 atom stereocenters. The number of rotatable bonds is 4. The standard InChI is InChI=1S/C34H18N6S2/c1-36-40-30-24-15-9-8-14-23(24)29(37-20-35)33-34(30)39-32(28-19-17-26(42-28)22-12-6-3-7-13-22)31(38-33)27-18-16-25(41-27)21-10-4-2-5-11-21/h2-19H. The van der Waals surface area contributed by atoms with Crippen molar-refractivity contribution in [3.63, 3.8) is 0 Å². The van der Waals surface area contributed by atoms with E-state index in [0.717, 1.165) is 30.6 Å². The van der Waals surface area contributed by atoms with Crippen LogP contribution in [-0.4, -0.2) is 21.4 Å². The lowest BCUT2D eigenvalue weighted by molar-refractivity contribution is 1.16. The van der Waals surface area contributed by atoms with Crippen LogP contribution < -0.4 is 0 Å². The molecule has 3 aromatic heterocycles. The van der Waals surface area contributed by atoms with E-state index in [-0.39, 0.29) is 0 Å². The molecule has 0 saturated carbocycles. The van der Waals surface area contributed by atoms with E-state index in [1.165, 1.54) is 0 Å². The highest BCUT2D eigenvalue weighted by Gasteiger charge is 2.33. The van der Waals surface area contributed by atoms with E-state index in [1.807, 2.05) is 66.9 Å². The Bertz CT molecular complexity index is 1960. The number of nitriles is 1. The van der Waals surface area contributed by atoms with Gasteiger partial charge in [-0.15, -0.1) is 27.6 Å². The summed E-state index contributed by atoms with van der Waals surface area (Å²) in [5.41, 5.74) is 6.73. The molecule has 42 heavy (non-hydrogen) atoms. The number of aromatic nitrogens is 2. The van der Waals surface area contributed by atoms with E-state index in [1.54, 1.807) is 22.7 Å². The van der Waals surface area contributed by atoms with Gasteiger partial charge in [-0.2, -0.15) is 16.8 Å². The highest BCUT2D eigenvalue weighted by Crippen LogP contribution is 2.42. The molecule has 0 aliphatic heterocycles. The van der Waals surface area contributed by atoms with Crippen molar-refractivity contribution in [3.8, 4) is 48.2 Å². The van der Waals surface area contributed by atoms with Crippen molar-refractivity contribution < 1.29 is 0 Å². The molecular weight excluding hydrogens is 557 g/mol. The molecule has 0 radical (unpaired) electrons. The average Bonchev–Trinajstić information content (AvgIpc) is 3.74. The van der Waals surface area contributed by atoms with E-state index >= 15 is 0 Å². The third kappa shape index (κ3) is 4.42. The van der Waals surface area contributed by atoms with Gasteiger partial charge in [-0.25, -0.2) is 9.97 Å². The topological polar surface area (TPSA) is 78.6 Å². The van der Waals surface area contributed by atoms with Crippen molar-refractivity contribution in [2.75, 3.05) is 0 Å². The van der Waals surface area contributed by atoms with E-state index in [0.29, 0.717) is 45.3 Å². The zero-order valence-electron chi connectivity index (χ0n) is 21.9. The SMILES string of the molecule is [C-]#[N+]N=C1c2ccccc2C(=NC#N)c2nc(-c3ccc(-c4ccccc4)s3)c(-c3ccc(-c4ccccc4)s3)nc21. The molecule has 3 heterocycles. The lowest BCUT2D eigenvalue weighted by atomic mass is 9.88. The minimum Gasteiger partial charge on any atom is -0.241 e. The van der Waals surface area contributed by atoms with Crippen LogP contribution in [0.15, 0.2) is 119 Å². The van der Waals surface area contributed by atoms with Gasteiger partial charge in [-0.05, 0) is 35.4 Å². The highest BCUT2D eigenvalue weighted by molar-refractivity contribution is 7.19. The minimum atomic E-state index is 0.420. The highest BCUT2D eigenvalue weighted by atomic mass is 32.1. The third-order valence-electron chi connectivity index (χ3n) is 6.89. The van der Waals surface area contributed by atoms with E-state index < -0.39 is 0 Å².